The Labute approximate surface area is 90.4 Å². The second-order valence-corrected chi connectivity index (χ2v) is 5.78. The first-order valence-corrected chi connectivity index (χ1v) is 5.91. The third kappa shape index (κ3) is 1.70. The van der Waals surface area contributed by atoms with Crippen LogP contribution in [-0.4, -0.2) is 58.9 Å². The van der Waals surface area contributed by atoms with Crippen molar-refractivity contribution in [2.75, 3.05) is 12.3 Å². The maximum absolute atomic E-state index is 13.8. The Morgan fingerprint density at radius 1 is 1.44 bits per heavy atom. The molecule has 0 radical (unpaired) electrons. The van der Waals surface area contributed by atoms with Gasteiger partial charge >= 0.3 is 17.1 Å². The fourth-order valence-corrected chi connectivity index (χ4v) is 3.15. The molecular weight excluding hydrogens is 245 g/mol. The fraction of sp³-hybridized carbons (Fsp3) is 0.714. The van der Waals surface area contributed by atoms with Crippen LogP contribution in [0, 0.1) is 0 Å². The van der Waals surface area contributed by atoms with Crippen LogP contribution in [0.15, 0.2) is 0 Å². The molecule has 0 aromatic rings. The number of carboxylic acid groups (broad SMARTS) is 2. The standard InChI is InChI=1S/C7H10FNO6S/c1-4-2-16(14,15)7(8,5(10)11)3-9(4)6(12)13/h4H,2-3H2,1H3,(H,10,11)(H,12,13)/t4-,7?/m0/s1. The van der Waals surface area contributed by atoms with Gasteiger partial charge in [-0.15, -0.1) is 0 Å². The first-order chi connectivity index (χ1) is 7.12. The predicted molar refractivity (Wildman–Crippen MR) is 49.5 cm³/mol. The Morgan fingerprint density at radius 2 is 1.94 bits per heavy atom. The zero-order chi connectivity index (χ0) is 12.7. The van der Waals surface area contributed by atoms with Crippen molar-refractivity contribution in [3.05, 3.63) is 0 Å². The van der Waals surface area contributed by atoms with Gasteiger partial charge in [0.1, 0.15) is 0 Å². The van der Waals surface area contributed by atoms with Crippen molar-refractivity contribution in [2.45, 2.75) is 18.0 Å². The van der Waals surface area contributed by atoms with Crippen LogP contribution in [0.5, 0.6) is 0 Å². The molecule has 1 unspecified atom stereocenters. The van der Waals surface area contributed by atoms with Crippen LogP contribution in [-0.2, 0) is 14.6 Å². The highest BCUT2D eigenvalue weighted by atomic mass is 32.2. The fourth-order valence-electron chi connectivity index (χ4n) is 1.47. The lowest BCUT2D eigenvalue weighted by molar-refractivity contribution is -0.146. The number of carboxylic acids is 1. The summed E-state index contributed by atoms with van der Waals surface area (Å²) in [6.45, 7) is 0.0638. The molecule has 2 atom stereocenters. The molecule has 1 heterocycles. The van der Waals surface area contributed by atoms with Crippen LogP contribution >= 0.6 is 0 Å². The van der Waals surface area contributed by atoms with E-state index in [1.165, 1.54) is 6.92 Å². The van der Waals surface area contributed by atoms with Crippen LogP contribution < -0.4 is 0 Å². The maximum Gasteiger partial charge on any atom is 0.407 e. The molecule has 0 bridgehead atoms. The smallest absolute Gasteiger partial charge is 0.407 e. The monoisotopic (exact) mass is 255 g/mol. The first kappa shape index (κ1) is 12.7. The lowest BCUT2D eigenvalue weighted by Crippen LogP contribution is -2.62. The van der Waals surface area contributed by atoms with Crippen molar-refractivity contribution < 1.29 is 32.6 Å². The number of sulfone groups is 1. The molecule has 16 heavy (non-hydrogen) atoms. The quantitative estimate of drug-likeness (QED) is 0.655. The topological polar surface area (TPSA) is 112 Å². The highest BCUT2D eigenvalue weighted by Crippen LogP contribution is 2.29. The summed E-state index contributed by atoms with van der Waals surface area (Å²) >= 11 is 0. The second kappa shape index (κ2) is 3.58. The van der Waals surface area contributed by atoms with Gasteiger partial charge in [0.25, 0.3) is 0 Å². The number of carbonyl (C=O) groups is 2. The molecule has 0 aliphatic carbocycles. The molecule has 0 aromatic heterocycles. The summed E-state index contributed by atoms with van der Waals surface area (Å²) in [5.74, 6) is -3.03. The van der Waals surface area contributed by atoms with Gasteiger partial charge in [-0.1, -0.05) is 0 Å². The number of alkyl halides is 1. The molecule has 9 heteroatoms. The summed E-state index contributed by atoms with van der Waals surface area (Å²) in [5, 5.41) is 13.7. The predicted octanol–water partition coefficient (Wildman–Crippen LogP) is -0.466. The number of amides is 1. The minimum Gasteiger partial charge on any atom is -0.478 e. The van der Waals surface area contributed by atoms with E-state index < -0.39 is 45.2 Å². The molecule has 1 amide bonds. The summed E-state index contributed by atoms with van der Waals surface area (Å²) in [7, 11) is -4.51. The van der Waals surface area contributed by atoms with Crippen molar-refractivity contribution >= 4 is 21.9 Å². The molecule has 1 rings (SSSR count). The zero-order valence-corrected chi connectivity index (χ0v) is 9.07. The average molecular weight is 255 g/mol. The number of aliphatic carboxylic acids is 1. The van der Waals surface area contributed by atoms with Gasteiger partial charge in [0.2, 0.25) is 0 Å². The van der Waals surface area contributed by atoms with Crippen LogP contribution in [0.3, 0.4) is 0 Å². The maximum atomic E-state index is 13.8. The molecule has 7 nitrogen and oxygen atoms in total. The van der Waals surface area contributed by atoms with Gasteiger partial charge in [0.15, 0.2) is 9.84 Å². The molecule has 2 N–H and O–H groups in total. The Hall–Kier alpha value is -1.38. The molecular formula is C7H10FNO6S. The van der Waals surface area contributed by atoms with Crippen molar-refractivity contribution in [1.82, 2.24) is 4.90 Å². The van der Waals surface area contributed by atoms with Gasteiger partial charge in [0.05, 0.1) is 12.3 Å². The van der Waals surface area contributed by atoms with Gasteiger partial charge in [-0.2, -0.15) is 0 Å². The minimum atomic E-state index is -4.51. The van der Waals surface area contributed by atoms with E-state index in [1.54, 1.807) is 0 Å². The molecule has 0 saturated carbocycles. The molecule has 0 aromatic carbocycles. The molecule has 1 aliphatic heterocycles. The third-order valence-electron chi connectivity index (χ3n) is 2.42. The van der Waals surface area contributed by atoms with Crippen molar-refractivity contribution in [3.63, 3.8) is 0 Å². The van der Waals surface area contributed by atoms with Gasteiger partial charge in [-0.05, 0) is 6.92 Å². The Morgan fingerprint density at radius 3 is 2.31 bits per heavy atom. The Balaban J connectivity index is 3.20. The molecule has 92 valence electrons. The SMILES string of the molecule is C[C@H]1CS(=O)(=O)C(F)(C(=O)O)CN1C(=O)O. The van der Waals surface area contributed by atoms with E-state index in [9.17, 15) is 22.4 Å². The van der Waals surface area contributed by atoms with Gasteiger partial charge in [-0.3, -0.25) is 4.90 Å². The van der Waals surface area contributed by atoms with Crippen LogP contribution in [0.1, 0.15) is 6.92 Å². The van der Waals surface area contributed by atoms with Crippen molar-refractivity contribution in [1.29, 1.82) is 0 Å². The molecule has 1 fully saturated rings. The van der Waals surface area contributed by atoms with Gasteiger partial charge < -0.3 is 10.2 Å². The summed E-state index contributed by atoms with van der Waals surface area (Å²) in [5.41, 5.74) is 0. The number of hydrogen-bond acceptors (Lipinski definition) is 4. The summed E-state index contributed by atoms with van der Waals surface area (Å²) in [6, 6.07) is -0.967. The van der Waals surface area contributed by atoms with E-state index in [0.29, 0.717) is 4.90 Å². The highest BCUT2D eigenvalue weighted by Gasteiger charge is 2.58. The first-order valence-electron chi connectivity index (χ1n) is 4.26. The number of nitrogens with zero attached hydrogens (tertiary/aromatic N) is 1. The highest BCUT2D eigenvalue weighted by molar-refractivity contribution is 7.93. The number of rotatable bonds is 1. The van der Waals surface area contributed by atoms with Gasteiger partial charge in [-0.25, -0.2) is 22.4 Å². The van der Waals surface area contributed by atoms with E-state index in [-0.39, 0.29) is 0 Å². The summed E-state index contributed by atoms with van der Waals surface area (Å²) < 4.78 is 36.5. The summed E-state index contributed by atoms with van der Waals surface area (Å²) in [4.78, 5) is 21.7. The van der Waals surface area contributed by atoms with Gasteiger partial charge in [0, 0.05) is 6.04 Å². The largest absolute Gasteiger partial charge is 0.478 e. The van der Waals surface area contributed by atoms with Crippen LogP contribution in [0.2, 0.25) is 0 Å². The number of hydrogen-bond donors (Lipinski definition) is 2. The van der Waals surface area contributed by atoms with Crippen LogP contribution in [0.4, 0.5) is 9.18 Å². The second-order valence-electron chi connectivity index (χ2n) is 3.57. The normalized spacial score (nSPS) is 33.4. The lowest BCUT2D eigenvalue weighted by Gasteiger charge is -2.37. The molecule has 1 aliphatic rings. The van der Waals surface area contributed by atoms with E-state index >= 15 is 0 Å². The van der Waals surface area contributed by atoms with E-state index in [4.69, 9.17) is 10.2 Å². The van der Waals surface area contributed by atoms with E-state index in [1.807, 2.05) is 0 Å². The van der Waals surface area contributed by atoms with Crippen molar-refractivity contribution in [2.24, 2.45) is 0 Å². The Kier molecular flexibility index (Phi) is 2.84. The third-order valence-corrected chi connectivity index (χ3v) is 4.64. The lowest BCUT2D eigenvalue weighted by atomic mass is 10.2. The molecule has 0 spiro atoms. The van der Waals surface area contributed by atoms with Crippen LogP contribution in [0.25, 0.3) is 0 Å². The van der Waals surface area contributed by atoms with E-state index in [0.717, 1.165) is 0 Å². The number of halogens is 1. The summed E-state index contributed by atoms with van der Waals surface area (Å²) in [6.07, 6.45) is -1.55. The van der Waals surface area contributed by atoms with Crippen molar-refractivity contribution in [3.8, 4) is 0 Å². The average Bonchev–Trinajstić information content (AvgIpc) is 2.09. The Bertz CT molecular complexity index is 434. The van der Waals surface area contributed by atoms with E-state index in [2.05, 4.69) is 0 Å². The zero-order valence-electron chi connectivity index (χ0n) is 8.25. The minimum absolute atomic E-state index is 0.467. The molecule has 1 saturated heterocycles.